The summed E-state index contributed by atoms with van der Waals surface area (Å²) in [5, 5.41) is 18.6. The van der Waals surface area contributed by atoms with Crippen molar-refractivity contribution in [2.45, 2.75) is 6.10 Å². The quantitative estimate of drug-likeness (QED) is 0.736. The van der Waals surface area contributed by atoms with Gasteiger partial charge >= 0.3 is 0 Å². The van der Waals surface area contributed by atoms with Gasteiger partial charge in [-0.2, -0.15) is 0 Å². The van der Waals surface area contributed by atoms with Gasteiger partial charge in [-0.1, -0.05) is 48.6 Å². The lowest BCUT2D eigenvalue weighted by molar-refractivity contribution is 0.125. The van der Waals surface area contributed by atoms with E-state index < -0.39 is 6.10 Å². The smallest absolute Gasteiger partial charge is 0.102 e. The number of fused-ring (bicyclic) bond motifs is 1. The molecule has 2 nitrogen and oxygen atoms in total. The molecule has 2 rings (SSSR count). The van der Waals surface area contributed by atoms with E-state index in [9.17, 15) is 5.11 Å². The van der Waals surface area contributed by atoms with Gasteiger partial charge in [0, 0.05) is 0 Å². The van der Waals surface area contributed by atoms with Crippen molar-refractivity contribution in [1.29, 1.82) is 0 Å². The molecule has 0 bridgehead atoms. The van der Waals surface area contributed by atoms with Crippen molar-refractivity contribution in [3.8, 4) is 0 Å². The third-order valence-corrected chi connectivity index (χ3v) is 2.55. The molecule has 82 valence electrons. The summed E-state index contributed by atoms with van der Waals surface area (Å²) in [6, 6.07) is 0. The first-order valence-corrected chi connectivity index (χ1v) is 5.25. The Morgan fingerprint density at radius 2 is 1.75 bits per heavy atom. The zero-order chi connectivity index (χ0) is 11.4. The van der Waals surface area contributed by atoms with Crippen molar-refractivity contribution in [3.63, 3.8) is 0 Å². The molecule has 2 aliphatic rings. The minimum absolute atomic E-state index is 0.259. The summed E-state index contributed by atoms with van der Waals surface area (Å²) in [5.74, 6) is 0. The van der Waals surface area contributed by atoms with E-state index in [2.05, 4.69) is 0 Å². The van der Waals surface area contributed by atoms with Crippen LogP contribution >= 0.6 is 0 Å². The number of aliphatic hydroxyl groups is 2. The molecule has 0 spiro atoms. The molecule has 0 aromatic heterocycles. The second-order valence-electron chi connectivity index (χ2n) is 3.69. The predicted octanol–water partition coefficient (Wildman–Crippen LogP) is 1.81. The molecule has 0 aliphatic heterocycles. The summed E-state index contributed by atoms with van der Waals surface area (Å²) in [4.78, 5) is 0. The lowest BCUT2D eigenvalue weighted by Gasteiger charge is -2.08. The lowest BCUT2D eigenvalue weighted by atomic mass is 10.0. The van der Waals surface area contributed by atoms with E-state index in [1.807, 2.05) is 54.7 Å². The van der Waals surface area contributed by atoms with Crippen LogP contribution in [-0.4, -0.2) is 22.9 Å². The Morgan fingerprint density at radius 1 is 0.938 bits per heavy atom. The third-order valence-electron chi connectivity index (χ3n) is 2.55. The molecule has 0 aromatic carbocycles. The SMILES string of the molecule is OCC(O)C1=CC=CC2=CC=CC=CC2=C1. The van der Waals surface area contributed by atoms with E-state index in [1.54, 1.807) is 0 Å². The largest absolute Gasteiger partial charge is 0.393 e. The van der Waals surface area contributed by atoms with Crippen LogP contribution in [0, 0.1) is 0 Å². The van der Waals surface area contributed by atoms with Crippen molar-refractivity contribution >= 4 is 0 Å². The molecule has 0 saturated heterocycles. The minimum Gasteiger partial charge on any atom is -0.393 e. The summed E-state index contributed by atoms with van der Waals surface area (Å²) in [6.07, 6.45) is 16.7. The lowest BCUT2D eigenvalue weighted by Crippen LogP contribution is -2.13. The first-order valence-electron chi connectivity index (χ1n) is 5.25. The zero-order valence-electron chi connectivity index (χ0n) is 8.88. The second-order valence-corrected chi connectivity index (χ2v) is 3.69. The number of hydrogen-bond donors (Lipinski definition) is 2. The molecule has 0 saturated carbocycles. The van der Waals surface area contributed by atoms with Crippen molar-refractivity contribution < 1.29 is 10.2 Å². The van der Waals surface area contributed by atoms with Crippen LogP contribution in [0.3, 0.4) is 0 Å². The fourth-order valence-electron chi connectivity index (χ4n) is 1.66. The zero-order valence-corrected chi connectivity index (χ0v) is 8.88. The maximum absolute atomic E-state index is 9.61. The first kappa shape index (κ1) is 10.9. The Labute approximate surface area is 94.9 Å². The summed E-state index contributed by atoms with van der Waals surface area (Å²) in [7, 11) is 0. The van der Waals surface area contributed by atoms with Gasteiger partial charge in [0.1, 0.15) is 6.10 Å². The third kappa shape index (κ3) is 2.30. The van der Waals surface area contributed by atoms with Gasteiger partial charge in [0.15, 0.2) is 0 Å². The van der Waals surface area contributed by atoms with Crippen molar-refractivity contribution in [2.75, 3.05) is 6.61 Å². The molecule has 0 radical (unpaired) electrons. The van der Waals surface area contributed by atoms with E-state index >= 15 is 0 Å². The van der Waals surface area contributed by atoms with Gasteiger partial charge in [0.05, 0.1) is 6.61 Å². The molecule has 0 heterocycles. The van der Waals surface area contributed by atoms with Gasteiger partial charge < -0.3 is 10.2 Å². The molecular formula is C14H14O2. The van der Waals surface area contributed by atoms with Gasteiger partial charge in [-0.3, -0.25) is 0 Å². The summed E-state index contributed by atoms with van der Waals surface area (Å²) in [6.45, 7) is -0.259. The van der Waals surface area contributed by atoms with Gasteiger partial charge in [-0.05, 0) is 22.8 Å². The Bertz CT molecular complexity index is 445. The Hall–Kier alpha value is -1.64. The molecule has 1 unspecified atom stereocenters. The van der Waals surface area contributed by atoms with Crippen LogP contribution in [0.1, 0.15) is 0 Å². The van der Waals surface area contributed by atoms with Crippen molar-refractivity contribution in [1.82, 2.24) is 0 Å². The molecule has 0 fully saturated rings. The van der Waals surface area contributed by atoms with Crippen LogP contribution in [0.25, 0.3) is 0 Å². The highest BCUT2D eigenvalue weighted by Crippen LogP contribution is 2.22. The van der Waals surface area contributed by atoms with Gasteiger partial charge in [-0.25, -0.2) is 0 Å². The van der Waals surface area contributed by atoms with Crippen LogP contribution in [0.2, 0.25) is 0 Å². The average molecular weight is 214 g/mol. The molecule has 2 N–H and O–H groups in total. The number of allylic oxidation sites excluding steroid dienone is 10. The highest BCUT2D eigenvalue weighted by molar-refractivity contribution is 5.56. The standard InChI is InChI=1S/C14H14O2/c15-10-14(16)13-8-4-7-11-5-2-1-3-6-12(11)9-13/h1-9,14-16H,10H2. The molecule has 2 aliphatic carbocycles. The topological polar surface area (TPSA) is 40.5 Å². The van der Waals surface area contributed by atoms with Crippen LogP contribution in [-0.2, 0) is 0 Å². The predicted molar refractivity (Wildman–Crippen MR) is 64.8 cm³/mol. The Balaban J connectivity index is 2.39. The summed E-state index contributed by atoms with van der Waals surface area (Å²) < 4.78 is 0. The molecular weight excluding hydrogens is 200 g/mol. The van der Waals surface area contributed by atoms with E-state index in [-0.39, 0.29) is 6.61 Å². The fourth-order valence-corrected chi connectivity index (χ4v) is 1.66. The van der Waals surface area contributed by atoms with E-state index in [4.69, 9.17) is 5.11 Å². The molecule has 0 aromatic rings. The Kier molecular flexibility index (Phi) is 3.34. The molecule has 16 heavy (non-hydrogen) atoms. The van der Waals surface area contributed by atoms with Crippen molar-refractivity contribution in [2.24, 2.45) is 0 Å². The molecule has 2 heteroatoms. The monoisotopic (exact) mass is 214 g/mol. The number of aliphatic hydroxyl groups excluding tert-OH is 2. The van der Waals surface area contributed by atoms with E-state index in [0.717, 1.165) is 16.7 Å². The van der Waals surface area contributed by atoms with Crippen molar-refractivity contribution in [3.05, 3.63) is 71.4 Å². The maximum Gasteiger partial charge on any atom is 0.102 e. The highest BCUT2D eigenvalue weighted by Gasteiger charge is 2.10. The normalized spacial score (nSPS) is 20.2. The highest BCUT2D eigenvalue weighted by atomic mass is 16.3. The molecule has 0 amide bonds. The van der Waals surface area contributed by atoms with Crippen LogP contribution < -0.4 is 0 Å². The minimum atomic E-state index is -0.818. The van der Waals surface area contributed by atoms with Gasteiger partial charge in [0.2, 0.25) is 0 Å². The summed E-state index contributed by atoms with van der Waals surface area (Å²) in [5.41, 5.74) is 2.86. The number of rotatable bonds is 2. The van der Waals surface area contributed by atoms with Gasteiger partial charge in [-0.15, -0.1) is 0 Å². The van der Waals surface area contributed by atoms with Gasteiger partial charge in [0.25, 0.3) is 0 Å². The molecule has 1 atom stereocenters. The van der Waals surface area contributed by atoms with E-state index in [0.29, 0.717) is 0 Å². The fraction of sp³-hybridized carbons (Fsp3) is 0.143. The number of hydrogen-bond acceptors (Lipinski definition) is 2. The Morgan fingerprint density at radius 3 is 2.56 bits per heavy atom. The average Bonchev–Trinajstić information content (AvgIpc) is 2.62. The first-order chi connectivity index (χ1) is 7.81. The van der Waals surface area contributed by atoms with Crippen LogP contribution in [0.4, 0.5) is 0 Å². The second kappa shape index (κ2) is 4.92. The maximum atomic E-state index is 9.61. The summed E-state index contributed by atoms with van der Waals surface area (Å²) >= 11 is 0. The van der Waals surface area contributed by atoms with E-state index in [1.165, 1.54) is 0 Å². The van der Waals surface area contributed by atoms with Crippen LogP contribution in [0.5, 0.6) is 0 Å². The van der Waals surface area contributed by atoms with Crippen LogP contribution in [0.15, 0.2) is 71.4 Å².